The highest BCUT2D eigenvalue weighted by Crippen LogP contribution is 2.30. The van der Waals surface area contributed by atoms with E-state index in [-0.39, 0.29) is 30.0 Å². The second-order valence-electron chi connectivity index (χ2n) is 4.84. The highest BCUT2D eigenvalue weighted by Gasteiger charge is 2.26. The van der Waals surface area contributed by atoms with Crippen LogP contribution in [0.4, 0.5) is 11.5 Å². The zero-order valence-corrected chi connectivity index (χ0v) is 12.5. The molecule has 0 aliphatic carbocycles. The van der Waals surface area contributed by atoms with Crippen LogP contribution in [0, 0.1) is 17.0 Å². The van der Waals surface area contributed by atoms with Crippen molar-refractivity contribution >= 4 is 17.4 Å². The number of carbonyl (C=O) groups excluding carboxylic acids is 1. The predicted octanol–water partition coefficient (Wildman–Crippen LogP) is 1.57. The van der Waals surface area contributed by atoms with Gasteiger partial charge in [-0.25, -0.2) is 4.68 Å². The summed E-state index contributed by atoms with van der Waals surface area (Å²) in [5.41, 5.74) is 0.258. The Labute approximate surface area is 117 Å². The molecule has 0 radical (unpaired) electrons. The van der Waals surface area contributed by atoms with Crippen LogP contribution in [0.3, 0.4) is 0 Å². The first kappa shape index (κ1) is 15.9. The first-order chi connectivity index (χ1) is 9.29. The molecule has 8 nitrogen and oxygen atoms in total. The van der Waals surface area contributed by atoms with Gasteiger partial charge in [0.05, 0.1) is 11.5 Å². The monoisotopic (exact) mass is 283 g/mol. The van der Waals surface area contributed by atoms with Crippen molar-refractivity contribution in [2.75, 3.05) is 25.5 Å². The number of likely N-dealkylation sites (N-methyl/N-ethyl adjacent to an activating group) is 1. The number of hydrogen-bond donors (Lipinski definition) is 1. The lowest BCUT2D eigenvalue weighted by atomic mass is 10.3. The Morgan fingerprint density at radius 2 is 2.15 bits per heavy atom. The SMILES string of the molecule is CCN(C)C(=O)CNc1c([N+](=O)[O-])c(C)nn1C(C)C. The van der Waals surface area contributed by atoms with Gasteiger partial charge in [0.1, 0.15) is 5.69 Å². The lowest BCUT2D eigenvalue weighted by molar-refractivity contribution is -0.384. The molecular weight excluding hydrogens is 262 g/mol. The van der Waals surface area contributed by atoms with Gasteiger partial charge in [-0.1, -0.05) is 0 Å². The Morgan fingerprint density at radius 3 is 2.60 bits per heavy atom. The van der Waals surface area contributed by atoms with Crippen molar-refractivity contribution in [3.05, 3.63) is 15.8 Å². The zero-order chi connectivity index (χ0) is 15.4. The largest absolute Gasteiger partial charge is 0.355 e. The van der Waals surface area contributed by atoms with E-state index in [4.69, 9.17) is 0 Å². The topological polar surface area (TPSA) is 93.3 Å². The molecule has 112 valence electrons. The lowest BCUT2D eigenvalue weighted by Crippen LogP contribution is -2.32. The third-order valence-electron chi connectivity index (χ3n) is 3.03. The molecule has 0 unspecified atom stereocenters. The molecule has 1 aromatic heterocycles. The minimum atomic E-state index is -0.475. The van der Waals surface area contributed by atoms with Crippen LogP contribution in [0.25, 0.3) is 0 Å². The quantitative estimate of drug-likeness (QED) is 0.632. The molecule has 0 aromatic carbocycles. The number of carbonyl (C=O) groups is 1. The molecule has 20 heavy (non-hydrogen) atoms. The summed E-state index contributed by atoms with van der Waals surface area (Å²) in [5.74, 6) is 0.149. The van der Waals surface area contributed by atoms with Crippen LogP contribution in [0.15, 0.2) is 0 Å². The number of amides is 1. The van der Waals surface area contributed by atoms with Crippen molar-refractivity contribution in [1.82, 2.24) is 14.7 Å². The molecule has 1 aromatic rings. The standard InChI is InChI=1S/C12H21N5O3/c1-6-15(5)10(18)7-13-12-11(17(19)20)9(4)14-16(12)8(2)3/h8,13H,6-7H2,1-5H3. The number of nitrogens with one attached hydrogen (secondary N) is 1. The summed E-state index contributed by atoms with van der Waals surface area (Å²) in [6, 6.07) is -0.0380. The third-order valence-corrected chi connectivity index (χ3v) is 3.03. The number of nitro groups is 1. The molecule has 8 heteroatoms. The van der Waals surface area contributed by atoms with Gasteiger partial charge in [-0.15, -0.1) is 0 Å². The fourth-order valence-corrected chi connectivity index (χ4v) is 1.77. The minimum absolute atomic E-state index is 0.00301. The second kappa shape index (κ2) is 6.36. The summed E-state index contributed by atoms with van der Waals surface area (Å²) < 4.78 is 1.53. The van der Waals surface area contributed by atoms with Gasteiger partial charge in [0.15, 0.2) is 0 Å². The summed E-state index contributed by atoms with van der Waals surface area (Å²) in [6.07, 6.45) is 0. The molecule has 1 heterocycles. The molecule has 0 saturated heterocycles. The summed E-state index contributed by atoms with van der Waals surface area (Å²) in [5, 5.41) is 18.1. The maximum Gasteiger partial charge on any atom is 0.333 e. The molecular formula is C12H21N5O3. The fourth-order valence-electron chi connectivity index (χ4n) is 1.77. The zero-order valence-electron chi connectivity index (χ0n) is 12.5. The molecule has 1 rings (SSSR count). The number of aryl methyl sites for hydroxylation is 1. The predicted molar refractivity (Wildman–Crippen MR) is 75.8 cm³/mol. The van der Waals surface area contributed by atoms with Crippen LogP contribution in [0.1, 0.15) is 32.5 Å². The van der Waals surface area contributed by atoms with Crippen molar-refractivity contribution < 1.29 is 9.72 Å². The minimum Gasteiger partial charge on any atom is -0.355 e. The van der Waals surface area contributed by atoms with E-state index in [1.807, 2.05) is 20.8 Å². The van der Waals surface area contributed by atoms with E-state index in [1.54, 1.807) is 18.9 Å². The van der Waals surface area contributed by atoms with Crippen molar-refractivity contribution in [1.29, 1.82) is 0 Å². The van der Waals surface area contributed by atoms with Gasteiger partial charge in [0.25, 0.3) is 0 Å². The van der Waals surface area contributed by atoms with Gasteiger partial charge in [-0.05, 0) is 27.7 Å². The normalized spacial score (nSPS) is 10.7. The Bertz CT molecular complexity index is 509. The van der Waals surface area contributed by atoms with Gasteiger partial charge in [0.2, 0.25) is 11.7 Å². The van der Waals surface area contributed by atoms with Crippen molar-refractivity contribution in [2.24, 2.45) is 0 Å². The van der Waals surface area contributed by atoms with E-state index in [2.05, 4.69) is 10.4 Å². The fraction of sp³-hybridized carbons (Fsp3) is 0.667. The van der Waals surface area contributed by atoms with Crippen molar-refractivity contribution in [3.8, 4) is 0 Å². The molecule has 1 N–H and O–H groups in total. The number of aromatic nitrogens is 2. The van der Waals surface area contributed by atoms with Crippen LogP contribution in [-0.2, 0) is 4.79 Å². The first-order valence-corrected chi connectivity index (χ1v) is 6.50. The molecule has 1 amide bonds. The van der Waals surface area contributed by atoms with E-state index in [0.29, 0.717) is 12.2 Å². The average Bonchev–Trinajstić information content (AvgIpc) is 2.71. The number of nitrogens with zero attached hydrogens (tertiary/aromatic N) is 4. The van der Waals surface area contributed by atoms with Crippen LogP contribution in [0.5, 0.6) is 0 Å². The van der Waals surface area contributed by atoms with Crippen molar-refractivity contribution in [2.45, 2.75) is 33.7 Å². The van der Waals surface area contributed by atoms with E-state index in [9.17, 15) is 14.9 Å². The molecule has 0 saturated carbocycles. The molecule has 0 aliphatic heterocycles. The van der Waals surface area contributed by atoms with Crippen LogP contribution < -0.4 is 5.32 Å². The third kappa shape index (κ3) is 3.25. The summed E-state index contributed by atoms with van der Waals surface area (Å²) in [4.78, 5) is 24.0. The first-order valence-electron chi connectivity index (χ1n) is 6.50. The number of anilines is 1. The summed E-state index contributed by atoms with van der Waals surface area (Å²) in [7, 11) is 1.68. The van der Waals surface area contributed by atoms with Gasteiger partial charge < -0.3 is 10.2 Å². The summed E-state index contributed by atoms with van der Waals surface area (Å²) in [6.45, 7) is 7.79. The number of hydrogen-bond acceptors (Lipinski definition) is 5. The van der Waals surface area contributed by atoms with Gasteiger partial charge in [0, 0.05) is 19.6 Å². The molecule has 0 bridgehead atoms. The molecule has 0 aliphatic rings. The Hall–Kier alpha value is -2.12. The smallest absolute Gasteiger partial charge is 0.333 e. The van der Waals surface area contributed by atoms with Crippen LogP contribution >= 0.6 is 0 Å². The van der Waals surface area contributed by atoms with E-state index in [1.165, 1.54) is 4.68 Å². The average molecular weight is 283 g/mol. The summed E-state index contributed by atoms with van der Waals surface area (Å²) >= 11 is 0. The van der Waals surface area contributed by atoms with Gasteiger partial charge >= 0.3 is 5.69 Å². The van der Waals surface area contributed by atoms with E-state index >= 15 is 0 Å². The van der Waals surface area contributed by atoms with E-state index < -0.39 is 4.92 Å². The second-order valence-corrected chi connectivity index (χ2v) is 4.84. The maximum atomic E-state index is 11.8. The van der Waals surface area contributed by atoms with E-state index in [0.717, 1.165) is 0 Å². The molecule has 0 fully saturated rings. The van der Waals surface area contributed by atoms with Crippen molar-refractivity contribution in [3.63, 3.8) is 0 Å². The Balaban J connectivity index is 3.03. The maximum absolute atomic E-state index is 11.8. The molecule has 0 atom stereocenters. The van der Waals surface area contributed by atoms with Crippen LogP contribution in [0.2, 0.25) is 0 Å². The highest BCUT2D eigenvalue weighted by molar-refractivity contribution is 5.81. The highest BCUT2D eigenvalue weighted by atomic mass is 16.6. The van der Waals surface area contributed by atoms with Gasteiger partial charge in [-0.3, -0.25) is 14.9 Å². The Morgan fingerprint density at radius 1 is 1.55 bits per heavy atom. The lowest BCUT2D eigenvalue weighted by Gasteiger charge is -2.16. The number of rotatable bonds is 6. The molecule has 0 spiro atoms. The van der Waals surface area contributed by atoms with Gasteiger partial charge in [-0.2, -0.15) is 5.10 Å². The Kier molecular flexibility index (Phi) is 5.06. The van der Waals surface area contributed by atoms with Crippen LogP contribution in [-0.4, -0.2) is 45.6 Å².